The van der Waals surface area contributed by atoms with E-state index in [4.69, 9.17) is 0 Å². The molecule has 0 aromatic carbocycles. The molecule has 1 fully saturated rings. The Morgan fingerprint density at radius 3 is 3.00 bits per heavy atom. The van der Waals surface area contributed by atoms with Gasteiger partial charge < -0.3 is 4.90 Å². The van der Waals surface area contributed by atoms with Crippen LogP contribution in [0.3, 0.4) is 0 Å². The van der Waals surface area contributed by atoms with E-state index in [1.165, 1.54) is 0 Å². The fourth-order valence-electron chi connectivity index (χ4n) is 2.15. The van der Waals surface area contributed by atoms with Crippen LogP contribution in [-0.4, -0.2) is 52.9 Å². The SMILES string of the molecule is CN(C)C(=O)CN1CCC[C@H]1c1cnccn1. The molecule has 17 heavy (non-hydrogen) atoms. The molecule has 2 rings (SSSR count). The van der Waals surface area contributed by atoms with Gasteiger partial charge in [0.15, 0.2) is 0 Å². The van der Waals surface area contributed by atoms with Crippen LogP contribution in [0.4, 0.5) is 0 Å². The molecule has 0 spiro atoms. The average Bonchev–Trinajstić information content (AvgIpc) is 2.78. The van der Waals surface area contributed by atoms with Crippen molar-refractivity contribution in [2.75, 3.05) is 27.2 Å². The molecule has 92 valence electrons. The van der Waals surface area contributed by atoms with Crippen LogP contribution >= 0.6 is 0 Å². The molecular weight excluding hydrogens is 216 g/mol. The van der Waals surface area contributed by atoms with Crippen molar-refractivity contribution in [3.05, 3.63) is 24.3 Å². The van der Waals surface area contributed by atoms with Crippen molar-refractivity contribution < 1.29 is 4.79 Å². The number of carbonyl (C=O) groups is 1. The summed E-state index contributed by atoms with van der Waals surface area (Å²) in [5, 5.41) is 0. The number of amides is 1. The number of likely N-dealkylation sites (N-methyl/N-ethyl adjacent to an activating group) is 1. The monoisotopic (exact) mass is 234 g/mol. The van der Waals surface area contributed by atoms with Gasteiger partial charge >= 0.3 is 0 Å². The number of nitrogens with zero attached hydrogens (tertiary/aromatic N) is 4. The zero-order valence-electron chi connectivity index (χ0n) is 10.3. The van der Waals surface area contributed by atoms with Crippen LogP contribution in [0.15, 0.2) is 18.6 Å². The lowest BCUT2D eigenvalue weighted by molar-refractivity contribution is -0.130. The maximum atomic E-state index is 11.7. The molecule has 1 saturated heterocycles. The maximum Gasteiger partial charge on any atom is 0.236 e. The summed E-state index contributed by atoms with van der Waals surface area (Å²) in [6, 6.07) is 0.243. The number of hydrogen-bond donors (Lipinski definition) is 0. The maximum absolute atomic E-state index is 11.7. The van der Waals surface area contributed by atoms with Gasteiger partial charge in [0.25, 0.3) is 0 Å². The van der Waals surface area contributed by atoms with Gasteiger partial charge in [-0.3, -0.25) is 19.7 Å². The van der Waals surface area contributed by atoms with Crippen LogP contribution < -0.4 is 0 Å². The van der Waals surface area contributed by atoms with Crippen LogP contribution in [-0.2, 0) is 4.79 Å². The van der Waals surface area contributed by atoms with Gasteiger partial charge in [0, 0.05) is 32.7 Å². The van der Waals surface area contributed by atoms with E-state index in [-0.39, 0.29) is 11.9 Å². The summed E-state index contributed by atoms with van der Waals surface area (Å²) in [5.41, 5.74) is 0.969. The first-order valence-electron chi connectivity index (χ1n) is 5.88. The lowest BCUT2D eigenvalue weighted by atomic mass is 10.1. The zero-order valence-corrected chi connectivity index (χ0v) is 10.3. The van der Waals surface area contributed by atoms with Gasteiger partial charge in [-0.1, -0.05) is 0 Å². The van der Waals surface area contributed by atoms with Crippen LogP contribution in [0.2, 0.25) is 0 Å². The third-order valence-electron chi connectivity index (χ3n) is 3.13. The predicted molar refractivity (Wildman–Crippen MR) is 64.3 cm³/mol. The van der Waals surface area contributed by atoms with Gasteiger partial charge in [0.1, 0.15) is 0 Å². The lowest BCUT2D eigenvalue weighted by Crippen LogP contribution is -2.36. The standard InChI is InChI=1S/C12H18N4O/c1-15(2)12(17)9-16-7-3-4-11(16)10-8-13-5-6-14-10/h5-6,8,11H,3-4,7,9H2,1-2H3/t11-/m0/s1. The second-order valence-electron chi connectivity index (χ2n) is 4.55. The Labute approximate surface area is 101 Å². The van der Waals surface area contributed by atoms with Crippen molar-refractivity contribution in [2.45, 2.75) is 18.9 Å². The van der Waals surface area contributed by atoms with Gasteiger partial charge in [-0.15, -0.1) is 0 Å². The van der Waals surface area contributed by atoms with E-state index < -0.39 is 0 Å². The van der Waals surface area contributed by atoms with Crippen molar-refractivity contribution in [2.24, 2.45) is 0 Å². The third kappa shape index (κ3) is 2.79. The largest absolute Gasteiger partial charge is 0.348 e. The summed E-state index contributed by atoms with van der Waals surface area (Å²) < 4.78 is 0. The Bertz CT molecular complexity index is 379. The van der Waals surface area contributed by atoms with Crippen LogP contribution in [0.1, 0.15) is 24.6 Å². The molecule has 0 saturated carbocycles. The quantitative estimate of drug-likeness (QED) is 0.772. The summed E-state index contributed by atoms with van der Waals surface area (Å²) >= 11 is 0. The second-order valence-corrected chi connectivity index (χ2v) is 4.55. The van der Waals surface area contributed by atoms with Crippen LogP contribution in [0, 0.1) is 0 Å². The summed E-state index contributed by atoms with van der Waals surface area (Å²) in [6.07, 6.45) is 7.35. The molecule has 1 atom stereocenters. The van der Waals surface area contributed by atoms with Crippen molar-refractivity contribution in [1.29, 1.82) is 0 Å². The highest BCUT2D eigenvalue weighted by Crippen LogP contribution is 2.29. The van der Waals surface area contributed by atoms with Crippen LogP contribution in [0.25, 0.3) is 0 Å². The number of aromatic nitrogens is 2. The Hall–Kier alpha value is -1.49. The highest BCUT2D eigenvalue weighted by Gasteiger charge is 2.28. The van der Waals surface area contributed by atoms with Crippen molar-refractivity contribution in [3.63, 3.8) is 0 Å². The molecule has 1 aromatic rings. The number of hydrogen-bond acceptors (Lipinski definition) is 4. The Balaban J connectivity index is 2.05. The minimum atomic E-state index is 0.140. The molecule has 0 unspecified atom stereocenters. The van der Waals surface area contributed by atoms with E-state index in [1.54, 1.807) is 37.6 Å². The highest BCUT2D eigenvalue weighted by molar-refractivity contribution is 5.77. The minimum absolute atomic E-state index is 0.140. The first-order chi connectivity index (χ1) is 8.18. The minimum Gasteiger partial charge on any atom is -0.348 e. The molecule has 5 heteroatoms. The van der Waals surface area contributed by atoms with Crippen molar-refractivity contribution in [1.82, 2.24) is 19.8 Å². The Morgan fingerprint density at radius 2 is 2.35 bits per heavy atom. The summed E-state index contributed by atoms with van der Waals surface area (Å²) in [5.74, 6) is 0.140. The van der Waals surface area contributed by atoms with E-state index in [0.29, 0.717) is 6.54 Å². The lowest BCUT2D eigenvalue weighted by Gasteiger charge is -2.24. The molecule has 0 radical (unpaired) electrons. The second kappa shape index (κ2) is 5.23. The smallest absolute Gasteiger partial charge is 0.236 e. The molecule has 1 aliphatic heterocycles. The molecule has 2 heterocycles. The normalized spacial score (nSPS) is 20.5. The topological polar surface area (TPSA) is 49.3 Å². The van der Waals surface area contributed by atoms with Gasteiger partial charge in [-0.2, -0.15) is 0 Å². The Kier molecular flexibility index (Phi) is 3.68. The number of carbonyl (C=O) groups excluding carboxylic acids is 1. The van der Waals surface area contributed by atoms with E-state index in [9.17, 15) is 4.79 Å². The fraction of sp³-hybridized carbons (Fsp3) is 0.583. The first kappa shape index (κ1) is 12.0. The fourth-order valence-corrected chi connectivity index (χ4v) is 2.15. The number of likely N-dealkylation sites (tertiary alicyclic amines) is 1. The first-order valence-corrected chi connectivity index (χ1v) is 5.88. The van der Waals surface area contributed by atoms with E-state index in [1.807, 2.05) is 0 Å². The summed E-state index contributed by atoms with van der Waals surface area (Å²) in [7, 11) is 3.57. The van der Waals surface area contributed by atoms with Gasteiger partial charge in [0.2, 0.25) is 5.91 Å². The van der Waals surface area contributed by atoms with Gasteiger partial charge in [-0.05, 0) is 19.4 Å². The zero-order chi connectivity index (χ0) is 12.3. The number of rotatable bonds is 3. The molecule has 0 bridgehead atoms. The Morgan fingerprint density at radius 1 is 1.53 bits per heavy atom. The third-order valence-corrected chi connectivity index (χ3v) is 3.13. The predicted octanol–water partition coefficient (Wildman–Crippen LogP) is 0.702. The molecular formula is C12H18N4O. The molecule has 5 nitrogen and oxygen atoms in total. The van der Waals surface area contributed by atoms with E-state index in [2.05, 4.69) is 14.9 Å². The van der Waals surface area contributed by atoms with Crippen LogP contribution in [0.5, 0.6) is 0 Å². The molecule has 1 aliphatic rings. The summed E-state index contributed by atoms with van der Waals surface area (Å²) in [6.45, 7) is 1.43. The van der Waals surface area contributed by atoms with Crippen molar-refractivity contribution >= 4 is 5.91 Å². The van der Waals surface area contributed by atoms with Gasteiger partial charge in [-0.25, -0.2) is 0 Å². The molecule has 0 N–H and O–H groups in total. The van der Waals surface area contributed by atoms with Crippen molar-refractivity contribution in [3.8, 4) is 0 Å². The molecule has 1 amide bonds. The summed E-state index contributed by atoms with van der Waals surface area (Å²) in [4.78, 5) is 24.0. The van der Waals surface area contributed by atoms with E-state index >= 15 is 0 Å². The van der Waals surface area contributed by atoms with Gasteiger partial charge in [0.05, 0.1) is 18.3 Å². The highest BCUT2D eigenvalue weighted by atomic mass is 16.2. The molecule has 0 aliphatic carbocycles. The van der Waals surface area contributed by atoms with E-state index in [0.717, 1.165) is 25.1 Å². The molecule has 1 aromatic heterocycles. The average molecular weight is 234 g/mol.